The van der Waals surface area contributed by atoms with Crippen molar-refractivity contribution in [2.45, 2.75) is 26.2 Å². The Morgan fingerprint density at radius 2 is 2.15 bits per heavy atom. The monoisotopic (exact) mass is 276 g/mol. The van der Waals surface area contributed by atoms with Gasteiger partial charge in [-0.1, -0.05) is 6.92 Å². The first-order valence-corrected chi connectivity index (χ1v) is 6.93. The van der Waals surface area contributed by atoms with Crippen LogP contribution in [-0.2, 0) is 6.42 Å². The summed E-state index contributed by atoms with van der Waals surface area (Å²) in [4.78, 5) is 26.9. The normalized spacial score (nSPS) is 13.8. The highest BCUT2D eigenvalue weighted by atomic mass is 16.4. The van der Waals surface area contributed by atoms with E-state index in [0.29, 0.717) is 6.54 Å². The summed E-state index contributed by atoms with van der Waals surface area (Å²) in [6.45, 7) is 3.44. The van der Waals surface area contributed by atoms with Crippen molar-refractivity contribution in [2.24, 2.45) is 0 Å². The Labute approximate surface area is 118 Å². The summed E-state index contributed by atoms with van der Waals surface area (Å²) in [5.41, 5.74) is 2.06. The highest BCUT2D eigenvalue weighted by molar-refractivity contribution is 5.95. The van der Waals surface area contributed by atoms with E-state index in [1.54, 1.807) is 35.0 Å². The molecule has 2 rings (SSSR count). The molecule has 0 aromatic heterocycles. The van der Waals surface area contributed by atoms with Gasteiger partial charge in [0.05, 0.1) is 5.56 Å². The van der Waals surface area contributed by atoms with Gasteiger partial charge in [-0.3, -0.25) is 4.90 Å². The number of carbonyl (C=O) groups is 2. The summed E-state index contributed by atoms with van der Waals surface area (Å²) < 4.78 is 0. The fraction of sp³-hybridized carbons (Fsp3) is 0.467. The first kappa shape index (κ1) is 14.4. The number of amides is 2. The maximum atomic E-state index is 12.4. The van der Waals surface area contributed by atoms with Crippen LogP contribution in [-0.4, -0.2) is 42.1 Å². The summed E-state index contributed by atoms with van der Waals surface area (Å²) in [5, 5.41) is 9.03. The minimum Gasteiger partial charge on any atom is -0.478 e. The third kappa shape index (κ3) is 2.76. The molecule has 20 heavy (non-hydrogen) atoms. The number of rotatable bonds is 3. The number of carboxylic acid groups (broad SMARTS) is 1. The van der Waals surface area contributed by atoms with Crippen molar-refractivity contribution in [3.63, 3.8) is 0 Å². The fourth-order valence-corrected chi connectivity index (χ4v) is 2.57. The highest BCUT2D eigenvalue weighted by Crippen LogP contribution is 2.28. The summed E-state index contributed by atoms with van der Waals surface area (Å²) in [6, 6.07) is 4.97. The van der Waals surface area contributed by atoms with Gasteiger partial charge in [0.2, 0.25) is 0 Å². The molecule has 0 saturated carbocycles. The van der Waals surface area contributed by atoms with Crippen LogP contribution in [0.1, 0.15) is 35.7 Å². The van der Waals surface area contributed by atoms with Gasteiger partial charge in [-0.25, -0.2) is 9.59 Å². The van der Waals surface area contributed by atoms with Gasteiger partial charge in [0.15, 0.2) is 0 Å². The second kappa shape index (κ2) is 5.94. The van der Waals surface area contributed by atoms with Crippen LogP contribution in [0.2, 0.25) is 0 Å². The zero-order valence-electron chi connectivity index (χ0n) is 11.9. The summed E-state index contributed by atoms with van der Waals surface area (Å²) in [6.07, 6.45) is 2.60. The lowest BCUT2D eigenvalue weighted by atomic mass is 9.99. The van der Waals surface area contributed by atoms with Crippen molar-refractivity contribution in [3.05, 3.63) is 29.3 Å². The van der Waals surface area contributed by atoms with E-state index in [9.17, 15) is 9.59 Å². The Morgan fingerprint density at radius 3 is 2.80 bits per heavy atom. The van der Waals surface area contributed by atoms with E-state index < -0.39 is 5.97 Å². The van der Waals surface area contributed by atoms with Crippen LogP contribution >= 0.6 is 0 Å². The van der Waals surface area contributed by atoms with E-state index in [1.807, 2.05) is 6.92 Å². The molecule has 1 aliphatic rings. The number of hydrogen-bond acceptors (Lipinski definition) is 2. The van der Waals surface area contributed by atoms with E-state index in [0.717, 1.165) is 37.1 Å². The van der Waals surface area contributed by atoms with Crippen LogP contribution in [0.4, 0.5) is 10.5 Å². The molecular weight excluding hydrogens is 256 g/mol. The number of fused-ring (bicyclic) bond motifs is 1. The molecule has 2 amide bonds. The molecule has 0 atom stereocenters. The maximum Gasteiger partial charge on any atom is 0.335 e. The van der Waals surface area contributed by atoms with Crippen molar-refractivity contribution in [1.82, 2.24) is 4.90 Å². The van der Waals surface area contributed by atoms with Gasteiger partial charge < -0.3 is 10.0 Å². The van der Waals surface area contributed by atoms with Crippen LogP contribution < -0.4 is 4.90 Å². The molecule has 0 fully saturated rings. The average Bonchev–Trinajstić information content (AvgIpc) is 2.45. The number of carboxylic acids is 1. The van der Waals surface area contributed by atoms with E-state index >= 15 is 0 Å². The molecule has 1 aromatic rings. The van der Waals surface area contributed by atoms with Crippen LogP contribution in [0.15, 0.2) is 18.2 Å². The third-order valence-corrected chi connectivity index (χ3v) is 3.56. The largest absolute Gasteiger partial charge is 0.478 e. The molecule has 0 radical (unpaired) electrons. The first-order chi connectivity index (χ1) is 9.54. The number of anilines is 1. The van der Waals surface area contributed by atoms with Crippen molar-refractivity contribution in [2.75, 3.05) is 25.0 Å². The lowest BCUT2D eigenvalue weighted by molar-refractivity contribution is 0.0696. The summed E-state index contributed by atoms with van der Waals surface area (Å²) in [7, 11) is 1.80. The van der Waals surface area contributed by atoms with Crippen molar-refractivity contribution >= 4 is 17.7 Å². The summed E-state index contributed by atoms with van der Waals surface area (Å²) in [5.74, 6) is -0.931. The van der Waals surface area contributed by atoms with Crippen molar-refractivity contribution in [1.29, 1.82) is 0 Å². The lowest BCUT2D eigenvalue weighted by Crippen LogP contribution is -2.44. The Kier molecular flexibility index (Phi) is 4.27. The average molecular weight is 276 g/mol. The molecule has 0 aliphatic carbocycles. The van der Waals surface area contributed by atoms with Crippen LogP contribution in [0, 0.1) is 0 Å². The Morgan fingerprint density at radius 1 is 1.40 bits per heavy atom. The van der Waals surface area contributed by atoms with Gasteiger partial charge in [-0.05, 0) is 43.0 Å². The number of benzene rings is 1. The standard InChI is InChI=1S/C15H20N2O3/c1-3-8-16(2)15(20)17-9-4-5-11-10-12(14(18)19)6-7-13(11)17/h6-7,10H,3-5,8-9H2,1-2H3,(H,18,19). The topological polar surface area (TPSA) is 60.9 Å². The van der Waals surface area contributed by atoms with E-state index in [2.05, 4.69) is 0 Å². The van der Waals surface area contributed by atoms with Crippen LogP contribution in [0.25, 0.3) is 0 Å². The van der Waals surface area contributed by atoms with E-state index in [-0.39, 0.29) is 11.6 Å². The predicted molar refractivity (Wildman–Crippen MR) is 77.4 cm³/mol. The SMILES string of the molecule is CCCN(C)C(=O)N1CCCc2cc(C(=O)O)ccc21. The molecule has 0 saturated heterocycles. The molecule has 108 valence electrons. The van der Waals surface area contributed by atoms with Crippen molar-refractivity contribution in [3.8, 4) is 0 Å². The molecule has 0 spiro atoms. The lowest BCUT2D eigenvalue weighted by Gasteiger charge is -2.33. The molecule has 1 aromatic carbocycles. The Bertz CT molecular complexity index is 528. The molecule has 1 heterocycles. The molecule has 1 aliphatic heterocycles. The first-order valence-electron chi connectivity index (χ1n) is 6.93. The zero-order chi connectivity index (χ0) is 14.7. The number of urea groups is 1. The predicted octanol–water partition coefficient (Wildman–Crippen LogP) is 2.60. The zero-order valence-corrected chi connectivity index (χ0v) is 11.9. The number of nitrogens with zero attached hydrogens (tertiary/aromatic N) is 2. The number of hydrogen-bond donors (Lipinski definition) is 1. The Hall–Kier alpha value is -2.04. The molecular formula is C15H20N2O3. The Balaban J connectivity index is 2.28. The van der Waals surface area contributed by atoms with Gasteiger partial charge >= 0.3 is 12.0 Å². The summed E-state index contributed by atoms with van der Waals surface area (Å²) >= 11 is 0. The van der Waals surface area contributed by atoms with Crippen molar-refractivity contribution < 1.29 is 14.7 Å². The minimum atomic E-state index is -0.931. The number of aromatic carboxylic acids is 1. The molecule has 5 nitrogen and oxygen atoms in total. The van der Waals surface area contributed by atoms with E-state index in [1.165, 1.54) is 0 Å². The molecule has 5 heteroatoms. The highest BCUT2D eigenvalue weighted by Gasteiger charge is 2.25. The maximum absolute atomic E-state index is 12.4. The second-order valence-electron chi connectivity index (χ2n) is 5.11. The smallest absolute Gasteiger partial charge is 0.335 e. The van der Waals surface area contributed by atoms with Gasteiger partial charge in [0, 0.05) is 25.8 Å². The van der Waals surface area contributed by atoms with Crippen LogP contribution in [0.5, 0.6) is 0 Å². The van der Waals surface area contributed by atoms with Gasteiger partial charge in [0.25, 0.3) is 0 Å². The second-order valence-corrected chi connectivity index (χ2v) is 5.11. The number of carbonyl (C=O) groups excluding carboxylic acids is 1. The third-order valence-electron chi connectivity index (χ3n) is 3.56. The van der Waals surface area contributed by atoms with Crippen LogP contribution in [0.3, 0.4) is 0 Å². The fourth-order valence-electron chi connectivity index (χ4n) is 2.57. The molecule has 1 N–H and O–H groups in total. The number of aryl methyl sites for hydroxylation is 1. The quantitative estimate of drug-likeness (QED) is 0.923. The molecule has 0 unspecified atom stereocenters. The van der Waals surface area contributed by atoms with E-state index in [4.69, 9.17) is 5.11 Å². The van der Waals surface area contributed by atoms with Gasteiger partial charge in [0.1, 0.15) is 0 Å². The minimum absolute atomic E-state index is 0.0177. The van der Waals surface area contributed by atoms with Gasteiger partial charge in [-0.15, -0.1) is 0 Å². The van der Waals surface area contributed by atoms with Gasteiger partial charge in [-0.2, -0.15) is 0 Å². The molecule has 0 bridgehead atoms.